The van der Waals surface area contributed by atoms with Crippen molar-refractivity contribution in [1.29, 1.82) is 5.26 Å². The monoisotopic (exact) mass is 336 g/mol. The van der Waals surface area contributed by atoms with Crippen molar-refractivity contribution < 1.29 is 4.39 Å². The molecule has 0 aliphatic carbocycles. The van der Waals surface area contributed by atoms with E-state index in [2.05, 4.69) is 20.9 Å². The van der Waals surface area contributed by atoms with Gasteiger partial charge in [-0.25, -0.2) is 4.39 Å². The van der Waals surface area contributed by atoms with Crippen LogP contribution < -0.4 is 0 Å². The lowest BCUT2D eigenvalue weighted by molar-refractivity contribution is 0.621. The number of halogens is 3. The van der Waals surface area contributed by atoms with E-state index in [4.69, 9.17) is 11.6 Å². The molecule has 19 heavy (non-hydrogen) atoms. The van der Waals surface area contributed by atoms with E-state index in [0.717, 1.165) is 0 Å². The Morgan fingerprint density at radius 1 is 1.21 bits per heavy atom. The Kier molecular flexibility index (Phi) is 4.31. The van der Waals surface area contributed by atoms with Gasteiger partial charge in [-0.05, 0) is 51.3 Å². The minimum Gasteiger partial charge on any atom is -0.265 e. The van der Waals surface area contributed by atoms with Crippen molar-refractivity contribution in [1.82, 2.24) is 4.98 Å². The number of aromatic nitrogens is 1. The van der Waals surface area contributed by atoms with Crippen molar-refractivity contribution in [3.05, 3.63) is 64.1 Å². The molecule has 0 N–H and O–H groups in total. The SMILES string of the molecule is N#C/C(=C(\Cl)c1ccc(Br)c(F)c1)c1ccncc1. The predicted octanol–water partition coefficient (Wildman–Crippen LogP) is 4.61. The fourth-order valence-corrected chi connectivity index (χ4v) is 2.05. The Morgan fingerprint density at radius 2 is 1.89 bits per heavy atom. The van der Waals surface area contributed by atoms with Crippen LogP contribution in [0.1, 0.15) is 11.1 Å². The molecule has 0 aliphatic heterocycles. The van der Waals surface area contributed by atoms with Gasteiger partial charge in [-0.2, -0.15) is 5.26 Å². The van der Waals surface area contributed by atoms with Gasteiger partial charge in [-0.1, -0.05) is 17.7 Å². The molecule has 2 rings (SSSR count). The van der Waals surface area contributed by atoms with Gasteiger partial charge in [0.05, 0.1) is 15.1 Å². The van der Waals surface area contributed by atoms with Crippen molar-refractivity contribution in [2.75, 3.05) is 0 Å². The fourth-order valence-electron chi connectivity index (χ4n) is 1.54. The van der Waals surface area contributed by atoms with Crippen LogP contribution >= 0.6 is 27.5 Å². The third-order valence-electron chi connectivity index (χ3n) is 2.47. The number of benzene rings is 1. The topological polar surface area (TPSA) is 36.7 Å². The van der Waals surface area contributed by atoms with Crippen molar-refractivity contribution in [2.24, 2.45) is 0 Å². The quantitative estimate of drug-likeness (QED) is 0.750. The first-order valence-corrected chi connectivity index (χ1v) is 6.46. The summed E-state index contributed by atoms with van der Waals surface area (Å²) in [5.74, 6) is -0.428. The van der Waals surface area contributed by atoms with E-state index in [1.54, 1.807) is 36.7 Å². The summed E-state index contributed by atoms with van der Waals surface area (Å²) in [5, 5.41) is 9.43. The highest BCUT2D eigenvalue weighted by Crippen LogP contribution is 2.30. The predicted molar refractivity (Wildman–Crippen MR) is 76.6 cm³/mol. The molecule has 0 spiro atoms. The van der Waals surface area contributed by atoms with E-state index in [9.17, 15) is 9.65 Å². The Hall–Kier alpha value is -1.70. The molecule has 0 unspecified atom stereocenters. The molecular formula is C14H7BrClFN2. The van der Waals surface area contributed by atoms with Crippen molar-refractivity contribution in [2.45, 2.75) is 0 Å². The van der Waals surface area contributed by atoms with E-state index >= 15 is 0 Å². The van der Waals surface area contributed by atoms with Gasteiger partial charge in [0.15, 0.2) is 0 Å². The zero-order valence-electron chi connectivity index (χ0n) is 9.57. The van der Waals surface area contributed by atoms with Gasteiger partial charge in [0.1, 0.15) is 11.9 Å². The first-order valence-electron chi connectivity index (χ1n) is 5.29. The van der Waals surface area contributed by atoms with E-state index in [1.165, 1.54) is 6.07 Å². The van der Waals surface area contributed by atoms with Gasteiger partial charge in [0.2, 0.25) is 0 Å². The highest BCUT2D eigenvalue weighted by molar-refractivity contribution is 9.10. The number of nitrogens with zero attached hydrogens (tertiary/aromatic N) is 2. The standard InChI is InChI=1S/C14H7BrClFN2/c15-12-2-1-10(7-13(12)17)14(16)11(8-18)9-3-5-19-6-4-9/h1-7H/b14-11+. The maximum atomic E-state index is 13.5. The summed E-state index contributed by atoms with van der Waals surface area (Å²) in [4.78, 5) is 3.88. The lowest BCUT2D eigenvalue weighted by Gasteiger charge is -2.05. The summed E-state index contributed by atoms with van der Waals surface area (Å²) in [5.41, 5.74) is 1.38. The maximum Gasteiger partial charge on any atom is 0.138 e. The molecule has 0 saturated carbocycles. The van der Waals surface area contributed by atoms with Crippen molar-refractivity contribution >= 4 is 38.1 Å². The second-order valence-electron chi connectivity index (χ2n) is 3.67. The molecule has 0 radical (unpaired) electrons. The summed E-state index contributed by atoms with van der Waals surface area (Å²) in [6, 6.07) is 9.87. The molecule has 1 heterocycles. The summed E-state index contributed by atoms with van der Waals surface area (Å²) in [7, 11) is 0. The fraction of sp³-hybridized carbons (Fsp3) is 0. The van der Waals surface area contributed by atoms with E-state index < -0.39 is 5.82 Å². The number of rotatable bonds is 2. The number of allylic oxidation sites excluding steroid dienone is 1. The number of hydrogen-bond donors (Lipinski definition) is 0. The van der Waals surface area contributed by atoms with Gasteiger partial charge in [0.25, 0.3) is 0 Å². The Morgan fingerprint density at radius 3 is 2.47 bits per heavy atom. The molecule has 94 valence electrons. The second kappa shape index (κ2) is 5.96. The van der Waals surface area contributed by atoms with Crippen LogP contribution in [0.5, 0.6) is 0 Å². The van der Waals surface area contributed by atoms with Crippen molar-refractivity contribution in [3.63, 3.8) is 0 Å². The van der Waals surface area contributed by atoms with Gasteiger partial charge in [0, 0.05) is 12.4 Å². The highest BCUT2D eigenvalue weighted by Gasteiger charge is 2.11. The lowest BCUT2D eigenvalue weighted by Crippen LogP contribution is -1.88. The molecular weight excluding hydrogens is 331 g/mol. The highest BCUT2D eigenvalue weighted by atomic mass is 79.9. The van der Waals surface area contributed by atoms with Crippen LogP contribution in [-0.4, -0.2) is 4.98 Å². The van der Waals surface area contributed by atoms with E-state index in [0.29, 0.717) is 15.6 Å². The summed E-state index contributed by atoms with van der Waals surface area (Å²) in [6.07, 6.45) is 3.14. The number of pyridine rings is 1. The molecule has 0 aliphatic rings. The van der Waals surface area contributed by atoms with Crippen LogP contribution in [0, 0.1) is 17.1 Å². The van der Waals surface area contributed by atoms with Crippen LogP contribution in [0.3, 0.4) is 0 Å². The smallest absolute Gasteiger partial charge is 0.138 e. The minimum atomic E-state index is -0.428. The molecule has 0 bridgehead atoms. The molecule has 0 atom stereocenters. The van der Waals surface area contributed by atoms with Crippen LogP contribution in [0.4, 0.5) is 4.39 Å². The average Bonchev–Trinajstić information content (AvgIpc) is 2.44. The second-order valence-corrected chi connectivity index (χ2v) is 4.90. The first kappa shape index (κ1) is 13.7. The Bertz CT molecular complexity index is 678. The average molecular weight is 338 g/mol. The van der Waals surface area contributed by atoms with Crippen LogP contribution in [0.15, 0.2) is 47.2 Å². The Balaban J connectivity index is 2.56. The van der Waals surface area contributed by atoms with Crippen LogP contribution in [0.2, 0.25) is 0 Å². The number of hydrogen-bond acceptors (Lipinski definition) is 2. The minimum absolute atomic E-state index is 0.208. The Labute approximate surface area is 123 Å². The molecule has 5 heteroatoms. The molecule has 2 nitrogen and oxygen atoms in total. The third-order valence-corrected chi connectivity index (χ3v) is 3.52. The van der Waals surface area contributed by atoms with Gasteiger partial charge < -0.3 is 0 Å². The molecule has 0 amide bonds. The normalized spacial score (nSPS) is 11.7. The van der Waals surface area contributed by atoms with E-state index in [-0.39, 0.29) is 10.6 Å². The largest absolute Gasteiger partial charge is 0.265 e. The summed E-state index contributed by atoms with van der Waals surface area (Å²) in [6.45, 7) is 0. The molecule has 1 aromatic heterocycles. The summed E-state index contributed by atoms with van der Waals surface area (Å²) < 4.78 is 13.8. The molecule has 1 aromatic carbocycles. The molecule has 0 fully saturated rings. The van der Waals surface area contributed by atoms with Crippen molar-refractivity contribution in [3.8, 4) is 6.07 Å². The maximum absolute atomic E-state index is 13.5. The van der Waals surface area contributed by atoms with Crippen LogP contribution in [-0.2, 0) is 0 Å². The molecule has 2 aromatic rings. The van der Waals surface area contributed by atoms with Gasteiger partial charge >= 0.3 is 0 Å². The lowest BCUT2D eigenvalue weighted by atomic mass is 10.0. The zero-order chi connectivity index (χ0) is 13.8. The summed E-state index contributed by atoms with van der Waals surface area (Å²) >= 11 is 9.26. The molecule has 0 saturated heterocycles. The van der Waals surface area contributed by atoms with Gasteiger partial charge in [-0.15, -0.1) is 0 Å². The zero-order valence-corrected chi connectivity index (χ0v) is 11.9. The first-order chi connectivity index (χ1) is 9.13. The van der Waals surface area contributed by atoms with Gasteiger partial charge in [-0.3, -0.25) is 4.98 Å². The van der Waals surface area contributed by atoms with Crippen LogP contribution in [0.25, 0.3) is 10.6 Å². The number of nitriles is 1. The third kappa shape index (κ3) is 3.01. The van der Waals surface area contributed by atoms with E-state index in [1.807, 2.05) is 6.07 Å².